The molecule has 0 radical (unpaired) electrons. The van der Waals surface area contributed by atoms with Gasteiger partial charge in [-0.3, -0.25) is 0 Å². The Labute approximate surface area is 72.4 Å². The van der Waals surface area contributed by atoms with Gasteiger partial charge < -0.3 is 9.52 Å². The first-order valence-corrected chi connectivity index (χ1v) is 3.45. The molecule has 66 valence electrons. The number of carbonyl (C=O) groups is 1. The smallest absolute Gasteiger partial charge is 0.371 e. The molecule has 0 bridgehead atoms. The van der Waals surface area contributed by atoms with Crippen LogP contribution in [0.4, 0.5) is 0 Å². The third kappa shape index (κ3) is 1.28. The first-order valence-electron chi connectivity index (χ1n) is 3.45. The van der Waals surface area contributed by atoms with Gasteiger partial charge in [0.05, 0.1) is 0 Å². The van der Waals surface area contributed by atoms with E-state index in [-0.39, 0.29) is 5.76 Å². The molecule has 2 rings (SSSR count). The van der Waals surface area contributed by atoms with E-state index in [0.29, 0.717) is 5.88 Å². The molecule has 0 saturated carbocycles. The molecule has 6 nitrogen and oxygen atoms in total. The quantitative estimate of drug-likeness (QED) is 0.728. The van der Waals surface area contributed by atoms with E-state index in [9.17, 15) is 4.79 Å². The van der Waals surface area contributed by atoms with Crippen LogP contribution < -0.4 is 0 Å². The van der Waals surface area contributed by atoms with Gasteiger partial charge in [0.1, 0.15) is 12.7 Å². The maximum Gasteiger partial charge on any atom is 0.371 e. The fourth-order valence-corrected chi connectivity index (χ4v) is 0.888. The second-order valence-electron chi connectivity index (χ2n) is 2.28. The summed E-state index contributed by atoms with van der Waals surface area (Å²) >= 11 is 0. The van der Waals surface area contributed by atoms with E-state index < -0.39 is 5.97 Å². The molecule has 1 N–H and O–H groups in total. The molecule has 6 heteroatoms. The van der Waals surface area contributed by atoms with Gasteiger partial charge in [-0.25, -0.2) is 9.78 Å². The van der Waals surface area contributed by atoms with Crippen molar-refractivity contribution >= 4 is 5.97 Å². The third-order valence-electron chi connectivity index (χ3n) is 1.45. The van der Waals surface area contributed by atoms with E-state index in [1.54, 1.807) is 0 Å². The van der Waals surface area contributed by atoms with Gasteiger partial charge in [0.15, 0.2) is 0 Å². The largest absolute Gasteiger partial charge is 0.475 e. The number of rotatable bonds is 2. The van der Waals surface area contributed by atoms with E-state index in [1.165, 1.54) is 29.5 Å². The zero-order chi connectivity index (χ0) is 9.26. The van der Waals surface area contributed by atoms with Crippen LogP contribution in [-0.4, -0.2) is 25.8 Å². The molecule has 0 aliphatic heterocycles. The predicted molar refractivity (Wildman–Crippen MR) is 40.6 cm³/mol. The summed E-state index contributed by atoms with van der Waals surface area (Å²) < 4.78 is 6.29. The predicted octanol–water partition coefficient (Wildman–Crippen LogP) is 0.558. The number of aromatic carboxylic acids is 1. The van der Waals surface area contributed by atoms with Gasteiger partial charge >= 0.3 is 5.97 Å². The number of furan rings is 1. The van der Waals surface area contributed by atoms with Crippen molar-refractivity contribution < 1.29 is 14.3 Å². The summed E-state index contributed by atoms with van der Waals surface area (Å²) in [7, 11) is 0. The second kappa shape index (κ2) is 2.74. The van der Waals surface area contributed by atoms with Gasteiger partial charge in [-0.1, -0.05) is 0 Å². The van der Waals surface area contributed by atoms with Gasteiger partial charge in [0.25, 0.3) is 0 Å². The van der Waals surface area contributed by atoms with Crippen molar-refractivity contribution in [2.45, 2.75) is 0 Å². The number of nitrogens with zero attached hydrogens (tertiary/aromatic N) is 3. The van der Waals surface area contributed by atoms with Crippen LogP contribution in [0.3, 0.4) is 0 Å². The maximum atomic E-state index is 10.4. The standard InChI is InChI=1S/C7H5N3O3/c11-7(12)5-1-2-6(13-5)10-4-8-3-9-10/h1-4H,(H,11,12). The normalized spacial score (nSPS) is 10.2. The number of aromatic nitrogens is 3. The summed E-state index contributed by atoms with van der Waals surface area (Å²) in [6.45, 7) is 0. The third-order valence-corrected chi connectivity index (χ3v) is 1.45. The molecular weight excluding hydrogens is 174 g/mol. The molecule has 0 atom stereocenters. The summed E-state index contributed by atoms with van der Waals surface area (Å²) in [5, 5.41) is 12.3. The average Bonchev–Trinajstić information content (AvgIpc) is 2.75. The van der Waals surface area contributed by atoms with E-state index in [4.69, 9.17) is 9.52 Å². The molecule has 0 fully saturated rings. The van der Waals surface area contributed by atoms with Crippen molar-refractivity contribution in [1.82, 2.24) is 14.8 Å². The lowest BCUT2D eigenvalue weighted by Gasteiger charge is -1.91. The Hall–Kier alpha value is -2.11. The summed E-state index contributed by atoms with van der Waals surface area (Å²) in [6.07, 6.45) is 2.76. The van der Waals surface area contributed by atoms with E-state index in [1.807, 2.05) is 0 Å². The Morgan fingerprint density at radius 1 is 1.54 bits per heavy atom. The fraction of sp³-hybridized carbons (Fsp3) is 0. The highest BCUT2D eigenvalue weighted by Gasteiger charge is 2.09. The van der Waals surface area contributed by atoms with Crippen molar-refractivity contribution in [2.24, 2.45) is 0 Å². The summed E-state index contributed by atoms with van der Waals surface area (Å²) in [6, 6.07) is 2.87. The Morgan fingerprint density at radius 2 is 2.38 bits per heavy atom. The average molecular weight is 179 g/mol. The summed E-state index contributed by atoms with van der Waals surface area (Å²) in [5.74, 6) is -0.897. The van der Waals surface area contributed by atoms with Crippen molar-refractivity contribution in [3.05, 3.63) is 30.5 Å². The highest BCUT2D eigenvalue weighted by molar-refractivity contribution is 5.84. The number of hydrogen-bond acceptors (Lipinski definition) is 4. The topological polar surface area (TPSA) is 81.1 Å². The van der Waals surface area contributed by atoms with E-state index in [0.717, 1.165) is 0 Å². The Balaban J connectivity index is 2.39. The second-order valence-corrected chi connectivity index (χ2v) is 2.28. The first kappa shape index (κ1) is 7.53. The van der Waals surface area contributed by atoms with Crippen LogP contribution in [0.2, 0.25) is 0 Å². The van der Waals surface area contributed by atoms with Gasteiger partial charge in [0, 0.05) is 6.07 Å². The lowest BCUT2D eigenvalue weighted by Crippen LogP contribution is -1.94. The van der Waals surface area contributed by atoms with E-state index in [2.05, 4.69) is 10.1 Å². The molecule has 0 saturated heterocycles. The molecule has 0 aliphatic carbocycles. The van der Waals surface area contributed by atoms with Gasteiger partial charge in [-0.15, -0.1) is 0 Å². The van der Waals surface area contributed by atoms with Crippen LogP contribution in [-0.2, 0) is 0 Å². The van der Waals surface area contributed by atoms with Crippen LogP contribution >= 0.6 is 0 Å². The van der Waals surface area contributed by atoms with Crippen LogP contribution in [0, 0.1) is 0 Å². The molecule has 2 aromatic rings. The molecule has 0 amide bonds. The number of carboxylic acids is 1. The molecular formula is C7H5N3O3. The minimum absolute atomic E-state index is 0.120. The Bertz CT molecular complexity index is 418. The summed E-state index contributed by atoms with van der Waals surface area (Å²) in [5.41, 5.74) is 0. The zero-order valence-electron chi connectivity index (χ0n) is 6.41. The number of hydrogen-bond donors (Lipinski definition) is 1. The van der Waals surface area contributed by atoms with Crippen LogP contribution in [0.1, 0.15) is 10.6 Å². The molecule has 0 spiro atoms. The van der Waals surface area contributed by atoms with Crippen LogP contribution in [0.15, 0.2) is 29.2 Å². The van der Waals surface area contributed by atoms with Crippen LogP contribution in [0.25, 0.3) is 5.88 Å². The maximum absolute atomic E-state index is 10.4. The van der Waals surface area contributed by atoms with Crippen molar-refractivity contribution in [1.29, 1.82) is 0 Å². The zero-order valence-corrected chi connectivity index (χ0v) is 6.41. The van der Waals surface area contributed by atoms with Crippen molar-refractivity contribution in [3.8, 4) is 5.88 Å². The fourth-order valence-electron chi connectivity index (χ4n) is 0.888. The van der Waals surface area contributed by atoms with Crippen LogP contribution in [0.5, 0.6) is 0 Å². The molecule has 0 aromatic carbocycles. The molecule has 0 aliphatic rings. The van der Waals surface area contributed by atoms with Gasteiger partial charge in [-0.2, -0.15) is 9.78 Å². The van der Waals surface area contributed by atoms with Crippen molar-refractivity contribution in [2.75, 3.05) is 0 Å². The monoisotopic (exact) mass is 179 g/mol. The molecule has 13 heavy (non-hydrogen) atoms. The molecule has 0 unspecified atom stereocenters. The highest BCUT2D eigenvalue weighted by Crippen LogP contribution is 2.10. The minimum Gasteiger partial charge on any atom is -0.475 e. The highest BCUT2D eigenvalue weighted by atomic mass is 16.4. The van der Waals surface area contributed by atoms with Crippen molar-refractivity contribution in [3.63, 3.8) is 0 Å². The minimum atomic E-state index is -1.11. The SMILES string of the molecule is O=C(O)c1ccc(-n2cncn2)o1. The van der Waals surface area contributed by atoms with Gasteiger partial charge in [0.2, 0.25) is 11.6 Å². The lowest BCUT2D eigenvalue weighted by molar-refractivity contribution is 0.0662. The summed E-state index contributed by atoms with van der Waals surface area (Å²) in [4.78, 5) is 14.1. The van der Waals surface area contributed by atoms with Gasteiger partial charge in [-0.05, 0) is 6.07 Å². The Kier molecular flexibility index (Phi) is 1.59. The van der Waals surface area contributed by atoms with E-state index >= 15 is 0 Å². The molecule has 2 aromatic heterocycles. The lowest BCUT2D eigenvalue weighted by atomic mass is 10.5. The first-order chi connectivity index (χ1) is 6.27. The number of carboxylic acid groups (broad SMARTS) is 1. The molecule has 2 heterocycles. The Morgan fingerprint density at radius 3 is 2.92 bits per heavy atom.